The van der Waals surface area contributed by atoms with Gasteiger partial charge in [0.05, 0.1) is 17.1 Å². The van der Waals surface area contributed by atoms with E-state index in [1.807, 2.05) is 43.3 Å². The minimum absolute atomic E-state index is 0.286. The monoisotopic (exact) mass is 567 g/mol. The smallest absolute Gasteiger partial charge is 0.345 e. The number of Topliss-reactive ketones (excluding diaryl/α,β-unsaturated/α-hetero) is 1. The second-order valence-corrected chi connectivity index (χ2v) is 9.96. The summed E-state index contributed by atoms with van der Waals surface area (Å²) in [6.45, 7) is 6.92. The minimum Gasteiger partial charge on any atom is -0.345 e. The first-order valence-corrected chi connectivity index (χ1v) is 12.7. The van der Waals surface area contributed by atoms with Crippen molar-refractivity contribution in [3.05, 3.63) is 77.5 Å². The number of alkyl halides is 6. The van der Waals surface area contributed by atoms with Crippen molar-refractivity contribution in [1.82, 2.24) is 5.32 Å². The van der Waals surface area contributed by atoms with Crippen LogP contribution in [0, 0.1) is 18.8 Å². The van der Waals surface area contributed by atoms with Crippen LogP contribution in [-0.4, -0.2) is 43.0 Å². The molecule has 0 radical (unpaired) electrons. The number of amides is 1. The maximum absolute atomic E-state index is 13.5. The molecule has 40 heavy (non-hydrogen) atoms. The predicted molar refractivity (Wildman–Crippen MR) is 141 cm³/mol. The fourth-order valence-electron chi connectivity index (χ4n) is 4.77. The van der Waals surface area contributed by atoms with Crippen LogP contribution in [0.3, 0.4) is 0 Å². The Labute approximate surface area is 229 Å². The number of likely N-dealkylation sites (N-methyl/N-ethyl adjacent to an activating group) is 1. The van der Waals surface area contributed by atoms with Crippen LogP contribution in [0.2, 0.25) is 0 Å². The average Bonchev–Trinajstić information content (AvgIpc) is 2.95. The van der Waals surface area contributed by atoms with Gasteiger partial charge in [0.1, 0.15) is 5.78 Å². The first-order chi connectivity index (χ1) is 18.6. The maximum atomic E-state index is 13.5. The zero-order valence-corrected chi connectivity index (χ0v) is 22.4. The van der Waals surface area contributed by atoms with E-state index < -0.39 is 67.7 Å². The Morgan fingerprint density at radius 1 is 0.975 bits per heavy atom. The van der Waals surface area contributed by atoms with Gasteiger partial charge in [-0.2, -0.15) is 26.3 Å². The molecule has 0 saturated carbocycles. The standard InChI is InChI=1S/C29H31F6N3O2/c1-17-10-11-24-23(16-17)25(20-8-6-5-7-9-20)36-26(18(2)38(24)4)37-27(40)22(13-15-29(33,34)35)21(19(3)39)12-14-28(30,31)32/h5-11,16,21-22,26H,2,12-15H2,1,3-4H3,(H,37,40)/t21-,22-,26-/m1/s1. The number of ketones is 1. The topological polar surface area (TPSA) is 61.8 Å². The van der Waals surface area contributed by atoms with Crippen molar-refractivity contribution in [2.75, 3.05) is 11.9 Å². The van der Waals surface area contributed by atoms with Crippen molar-refractivity contribution in [2.24, 2.45) is 16.8 Å². The van der Waals surface area contributed by atoms with E-state index in [4.69, 9.17) is 4.99 Å². The van der Waals surface area contributed by atoms with Gasteiger partial charge in [-0.1, -0.05) is 48.5 Å². The van der Waals surface area contributed by atoms with E-state index in [-0.39, 0.29) is 5.70 Å². The van der Waals surface area contributed by atoms with Gasteiger partial charge in [0, 0.05) is 42.9 Å². The van der Waals surface area contributed by atoms with Gasteiger partial charge in [-0.3, -0.25) is 14.6 Å². The number of carbonyl (C=O) groups excluding carboxylic acids is 2. The van der Waals surface area contributed by atoms with Crippen LogP contribution < -0.4 is 10.2 Å². The molecule has 2 aromatic carbocycles. The molecule has 0 unspecified atom stereocenters. The lowest BCUT2D eigenvalue weighted by molar-refractivity contribution is -0.151. The molecular weight excluding hydrogens is 536 g/mol. The summed E-state index contributed by atoms with van der Waals surface area (Å²) >= 11 is 0. The number of hydrogen-bond donors (Lipinski definition) is 1. The molecule has 3 rings (SSSR count). The number of benzodiazepines with no additional fused rings is 1. The summed E-state index contributed by atoms with van der Waals surface area (Å²) < 4.78 is 78.3. The van der Waals surface area contributed by atoms with Crippen LogP contribution in [0.4, 0.5) is 32.0 Å². The van der Waals surface area contributed by atoms with Crippen LogP contribution in [0.25, 0.3) is 0 Å². The van der Waals surface area contributed by atoms with Gasteiger partial charge >= 0.3 is 12.4 Å². The Kier molecular flexibility index (Phi) is 9.48. The van der Waals surface area contributed by atoms with Crippen LogP contribution >= 0.6 is 0 Å². The Morgan fingerprint density at radius 3 is 2.10 bits per heavy atom. The number of benzene rings is 2. The first-order valence-electron chi connectivity index (χ1n) is 12.7. The number of halogens is 6. The zero-order valence-electron chi connectivity index (χ0n) is 22.4. The Balaban J connectivity index is 2.03. The third-order valence-electron chi connectivity index (χ3n) is 6.92. The largest absolute Gasteiger partial charge is 0.389 e. The van der Waals surface area contributed by atoms with E-state index in [9.17, 15) is 35.9 Å². The molecule has 1 heterocycles. The molecule has 11 heteroatoms. The van der Waals surface area contributed by atoms with Gasteiger partial charge in [-0.05, 0) is 38.8 Å². The van der Waals surface area contributed by atoms with E-state index in [0.717, 1.165) is 23.7 Å². The van der Waals surface area contributed by atoms with Gasteiger partial charge in [0.25, 0.3) is 0 Å². The lowest BCUT2D eigenvalue weighted by Crippen LogP contribution is -2.45. The zero-order chi connectivity index (χ0) is 29.8. The van der Waals surface area contributed by atoms with Crippen LogP contribution in [0.1, 0.15) is 49.3 Å². The minimum atomic E-state index is -4.67. The normalized spacial score (nSPS) is 17.4. The van der Waals surface area contributed by atoms with Gasteiger partial charge in [0.15, 0.2) is 6.17 Å². The summed E-state index contributed by atoms with van der Waals surface area (Å²) in [5.41, 5.74) is 3.86. The van der Waals surface area contributed by atoms with Crippen molar-refractivity contribution >= 4 is 23.1 Å². The van der Waals surface area contributed by atoms with Crippen LogP contribution in [0.5, 0.6) is 0 Å². The van der Waals surface area contributed by atoms with Crippen LogP contribution in [-0.2, 0) is 9.59 Å². The fraction of sp³-hybridized carbons (Fsp3) is 0.414. The van der Waals surface area contributed by atoms with Crippen LogP contribution in [0.15, 0.2) is 65.8 Å². The summed E-state index contributed by atoms with van der Waals surface area (Å²) in [5.74, 6) is -5.00. The summed E-state index contributed by atoms with van der Waals surface area (Å²) in [6, 6.07) is 14.7. The molecule has 1 N–H and O–H groups in total. The number of carbonyl (C=O) groups is 2. The number of anilines is 1. The van der Waals surface area contributed by atoms with Crippen molar-refractivity contribution in [3.63, 3.8) is 0 Å². The molecule has 1 aliphatic heterocycles. The molecule has 2 aromatic rings. The van der Waals surface area contributed by atoms with E-state index in [1.54, 1.807) is 24.1 Å². The predicted octanol–water partition coefficient (Wildman–Crippen LogP) is 6.74. The van der Waals surface area contributed by atoms with E-state index in [2.05, 4.69) is 11.9 Å². The lowest BCUT2D eigenvalue weighted by Gasteiger charge is -2.29. The number of fused-ring (bicyclic) bond motifs is 1. The number of rotatable bonds is 9. The second kappa shape index (κ2) is 12.3. The third-order valence-corrected chi connectivity index (χ3v) is 6.92. The Hall–Kier alpha value is -3.63. The Bertz CT molecular complexity index is 1270. The fourth-order valence-corrected chi connectivity index (χ4v) is 4.77. The molecule has 0 saturated heterocycles. The second-order valence-electron chi connectivity index (χ2n) is 9.96. The molecule has 0 aliphatic carbocycles. The molecule has 5 nitrogen and oxygen atoms in total. The first kappa shape index (κ1) is 30.9. The lowest BCUT2D eigenvalue weighted by atomic mass is 9.81. The number of aliphatic imine (C=N–C) groups is 1. The number of hydrogen-bond acceptors (Lipinski definition) is 4. The quantitative estimate of drug-likeness (QED) is 0.341. The molecule has 1 aliphatic rings. The molecular formula is C29H31F6N3O2. The maximum Gasteiger partial charge on any atom is 0.389 e. The third kappa shape index (κ3) is 7.95. The van der Waals surface area contributed by atoms with E-state index >= 15 is 0 Å². The number of nitrogens with one attached hydrogen (secondary N) is 1. The SMILES string of the molecule is C=C1[C@@H](NC(=O)[C@H](CCC(F)(F)F)[C@H](CCC(F)(F)F)C(C)=O)N=C(c2ccccc2)c2cc(C)ccc2N1C. The van der Waals surface area contributed by atoms with E-state index in [1.165, 1.54) is 0 Å². The average molecular weight is 568 g/mol. The van der Waals surface area contributed by atoms with Gasteiger partial charge in [0.2, 0.25) is 5.91 Å². The highest BCUT2D eigenvalue weighted by molar-refractivity contribution is 6.17. The van der Waals surface area contributed by atoms with Crippen molar-refractivity contribution in [1.29, 1.82) is 0 Å². The summed E-state index contributed by atoms with van der Waals surface area (Å²) in [7, 11) is 1.70. The molecule has 0 spiro atoms. The summed E-state index contributed by atoms with van der Waals surface area (Å²) in [5, 5.41) is 2.59. The summed E-state index contributed by atoms with van der Waals surface area (Å²) in [4.78, 5) is 32.3. The number of nitrogens with zero attached hydrogens (tertiary/aromatic N) is 2. The molecule has 3 atom stereocenters. The van der Waals surface area contributed by atoms with Gasteiger partial charge in [-0.25, -0.2) is 0 Å². The number of aryl methyl sites for hydroxylation is 1. The highest BCUT2D eigenvalue weighted by atomic mass is 19.4. The molecule has 0 fully saturated rings. The molecule has 0 aromatic heterocycles. The van der Waals surface area contributed by atoms with E-state index in [0.29, 0.717) is 11.3 Å². The van der Waals surface area contributed by atoms with Crippen molar-refractivity contribution in [3.8, 4) is 0 Å². The van der Waals surface area contributed by atoms with Crippen molar-refractivity contribution in [2.45, 2.75) is 58.0 Å². The molecule has 216 valence electrons. The summed E-state index contributed by atoms with van der Waals surface area (Å²) in [6.07, 6.45) is -15.0. The molecule has 0 bridgehead atoms. The van der Waals surface area contributed by atoms with Gasteiger partial charge in [-0.15, -0.1) is 0 Å². The van der Waals surface area contributed by atoms with Crippen molar-refractivity contribution < 1.29 is 35.9 Å². The highest BCUT2D eigenvalue weighted by Gasteiger charge is 2.40. The molecule has 1 amide bonds. The highest BCUT2D eigenvalue weighted by Crippen LogP contribution is 2.35. The Morgan fingerprint density at radius 2 is 1.55 bits per heavy atom. The van der Waals surface area contributed by atoms with Gasteiger partial charge < -0.3 is 10.2 Å².